The number of nitrogens with zero attached hydrogens (tertiary/aromatic N) is 1. The van der Waals surface area contributed by atoms with Crippen LogP contribution < -0.4 is 5.32 Å². The Morgan fingerprint density at radius 1 is 1.19 bits per heavy atom. The maximum absolute atomic E-state index is 12.8. The molecular weight excluding hydrogens is 260 g/mol. The van der Waals surface area contributed by atoms with Gasteiger partial charge in [-0.05, 0) is 64.1 Å². The van der Waals surface area contributed by atoms with Crippen molar-refractivity contribution in [3.8, 4) is 0 Å². The number of likely N-dealkylation sites (N-methyl/N-ethyl adjacent to an activating group) is 1. The number of nitrogens with one attached hydrogen (secondary N) is 1. The predicted molar refractivity (Wildman–Crippen MR) is 85.0 cm³/mol. The third-order valence-corrected chi connectivity index (χ3v) is 4.69. The van der Waals surface area contributed by atoms with Gasteiger partial charge < -0.3 is 5.32 Å². The summed E-state index contributed by atoms with van der Waals surface area (Å²) < 4.78 is 0. The summed E-state index contributed by atoms with van der Waals surface area (Å²) in [5.74, 6) is 1.64. The molecule has 0 spiro atoms. The van der Waals surface area contributed by atoms with Gasteiger partial charge in [0, 0.05) is 6.04 Å². The van der Waals surface area contributed by atoms with Gasteiger partial charge in [-0.15, -0.1) is 0 Å². The molecular formula is C18H26N2O. The first-order valence-corrected chi connectivity index (χ1v) is 8.09. The second kappa shape index (κ2) is 5.80. The molecule has 0 unspecified atom stereocenters. The van der Waals surface area contributed by atoms with Crippen molar-refractivity contribution in [3.63, 3.8) is 0 Å². The van der Waals surface area contributed by atoms with Crippen LogP contribution in [0.15, 0.2) is 24.3 Å². The van der Waals surface area contributed by atoms with Crippen LogP contribution in [0.1, 0.15) is 42.9 Å². The Balaban J connectivity index is 1.75. The lowest BCUT2D eigenvalue weighted by molar-refractivity contribution is -0.126. The first-order chi connectivity index (χ1) is 10.1. The smallest absolute Gasteiger partial charge is 0.242 e. The van der Waals surface area contributed by atoms with Crippen LogP contribution in [0, 0.1) is 18.8 Å². The Labute approximate surface area is 127 Å². The van der Waals surface area contributed by atoms with Gasteiger partial charge >= 0.3 is 0 Å². The monoisotopic (exact) mass is 286 g/mol. The average molecular weight is 286 g/mol. The zero-order valence-corrected chi connectivity index (χ0v) is 13.3. The van der Waals surface area contributed by atoms with Gasteiger partial charge in [-0.2, -0.15) is 0 Å². The van der Waals surface area contributed by atoms with E-state index < -0.39 is 0 Å². The van der Waals surface area contributed by atoms with Gasteiger partial charge in [-0.25, -0.2) is 0 Å². The van der Waals surface area contributed by atoms with E-state index in [0.29, 0.717) is 6.04 Å². The van der Waals surface area contributed by atoms with Crippen molar-refractivity contribution in [1.82, 2.24) is 10.2 Å². The lowest BCUT2D eigenvalue weighted by atomic mass is 10.0. The van der Waals surface area contributed by atoms with Crippen LogP contribution in [-0.2, 0) is 4.79 Å². The molecule has 1 aromatic carbocycles. The molecule has 3 rings (SSSR count). The number of rotatable bonds is 6. The average Bonchev–Trinajstić information content (AvgIpc) is 3.28. The molecule has 21 heavy (non-hydrogen) atoms. The van der Waals surface area contributed by atoms with Gasteiger partial charge in [0.25, 0.3) is 0 Å². The predicted octanol–water partition coefficient (Wildman–Crippen LogP) is 2.90. The second-order valence-corrected chi connectivity index (χ2v) is 6.99. The van der Waals surface area contributed by atoms with E-state index in [2.05, 4.69) is 30.4 Å². The first-order valence-electron chi connectivity index (χ1n) is 8.09. The zero-order chi connectivity index (χ0) is 15.0. The molecule has 2 aliphatic carbocycles. The molecule has 114 valence electrons. The number of carbonyl (C=O) groups excluding carboxylic acids is 1. The van der Waals surface area contributed by atoms with Gasteiger partial charge in [0.05, 0.1) is 0 Å². The standard InChI is InChI=1S/C18H26N2O/c1-12-5-4-6-15(11-12)17(20(2)3)18(21)19-16(13-7-8-13)14-9-10-14/h4-6,11,13-14,16-17H,7-10H2,1-3H3,(H,19,21)/t17-/m0/s1. The fourth-order valence-electron chi connectivity index (χ4n) is 3.30. The van der Waals surface area contributed by atoms with E-state index in [9.17, 15) is 4.79 Å². The maximum atomic E-state index is 12.8. The molecule has 2 saturated carbocycles. The number of amides is 1. The molecule has 3 heteroatoms. The van der Waals surface area contributed by atoms with Gasteiger partial charge in [-0.3, -0.25) is 9.69 Å². The van der Waals surface area contributed by atoms with Crippen molar-refractivity contribution in [2.24, 2.45) is 11.8 Å². The minimum atomic E-state index is -0.190. The van der Waals surface area contributed by atoms with Crippen LogP contribution in [0.2, 0.25) is 0 Å². The highest BCUT2D eigenvalue weighted by Gasteiger charge is 2.43. The highest BCUT2D eigenvalue weighted by molar-refractivity contribution is 5.83. The topological polar surface area (TPSA) is 32.3 Å². The van der Waals surface area contributed by atoms with Crippen molar-refractivity contribution >= 4 is 5.91 Å². The summed E-state index contributed by atoms with van der Waals surface area (Å²) in [6.45, 7) is 2.07. The molecule has 2 fully saturated rings. The first kappa shape index (κ1) is 14.6. The van der Waals surface area contributed by atoms with Crippen molar-refractivity contribution < 1.29 is 4.79 Å². The quantitative estimate of drug-likeness (QED) is 0.872. The Hall–Kier alpha value is -1.35. The third kappa shape index (κ3) is 3.46. The van der Waals surface area contributed by atoms with Crippen LogP contribution in [0.25, 0.3) is 0 Å². The van der Waals surface area contributed by atoms with E-state index >= 15 is 0 Å². The molecule has 1 aromatic rings. The summed E-state index contributed by atoms with van der Waals surface area (Å²) in [6, 6.07) is 8.52. The Morgan fingerprint density at radius 3 is 2.29 bits per heavy atom. The highest BCUT2D eigenvalue weighted by Crippen LogP contribution is 2.44. The molecule has 1 N–H and O–H groups in total. The largest absolute Gasteiger partial charge is 0.351 e. The normalized spacial score (nSPS) is 19.9. The number of hydrogen-bond acceptors (Lipinski definition) is 2. The number of aryl methyl sites for hydroxylation is 1. The third-order valence-electron chi connectivity index (χ3n) is 4.69. The van der Waals surface area contributed by atoms with Crippen LogP contribution in [0.4, 0.5) is 0 Å². The lowest BCUT2D eigenvalue weighted by Crippen LogP contribution is -2.44. The number of benzene rings is 1. The molecule has 1 atom stereocenters. The summed E-state index contributed by atoms with van der Waals surface area (Å²) in [4.78, 5) is 14.8. The minimum Gasteiger partial charge on any atom is -0.351 e. The summed E-state index contributed by atoms with van der Waals surface area (Å²) in [5, 5.41) is 3.36. The molecule has 3 nitrogen and oxygen atoms in total. The zero-order valence-electron chi connectivity index (χ0n) is 13.3. The second-order valence-electron chi connectivity index (χ2n) is 6.99. The molecule has 2 aliphatic rings. The van der Waals surface area contributed by atoms with Crippen LogP contribution in [0.5, 0.6) is 0 Å². The number of carbonyl (C=O) groups is 1. The minimum absolute atomic E-state index is 0.161. The van der Waals surface area contributed by atoms with Crippen LogP contribution >= 0.6 is 0 Å². The van der Waals surface area contributed by atoms with Gasteiger partial charge in [0.2, 0.25) is 5.91 Å². The molecule has 0 saturated heterocycles. The van der Waals surface area contributed by atoms with E-state index in [1.165, 1.54) is 31.2 Å². The Morgan fingerprint density at radius 2 is 1.81 bits per heavy atom. The summed E-state index contributed by atoms with van der Waals surface area (Å²) >= 11 is 0. The molecule has 0 aromatic heterocycles. The lowest BCUT2D eigenvalue weighted by Gasteiger charge is -2.27. The van der Waals surface area contributed by atoms with E-state index in [-0.39, 0.29) is 11.9 Å². The summed E-state index contributed by atoms with van der Waals surface area (Å²) in [7, 11) is 3.96. The van der Waals surface area contributed by atoms with Gasteiger partial charge in [-0.1, -0.05) is 29.8 Å². The fourth-order valence-corrected chi connectivity index (χ4v) is 3.30. The van der Waals surface area contributed by atoms with Gasteiger partial charge in [0.15, 0.2) is 0 Å². The Kier molecular flexibility index (Phi) is 4.03. The SMILES string of the molecule is Cc1cccc([C@@H](C(=O)NC(C2CC2)C2CC2)N(C)C)c1. The van der Waals surface area contributed by atoms with E-state index in [1.54, 1.807) is 0 Å². The van der Waals surface area contributed by atoms with Crippen molar-refractivity contribution in [2.45, 2.75) is 44.7 Å². The summed E-state index contributed by atoms with van der Waals surface area (Å²) in [5.41, 5.74) is 2.29. The Bertz CT molecular complexity index is 506. The van der Waals surface area contributed by atoms with E-state index in [0.717, 1.165) is 17.4 Å². The van der Waals surface area contributed by atoms with Crippen LogP contribution in [-0.4, -0.2) is 30.9 Å². The van der Waals surface area contributed by atoms with Crippen molar-refractivity contribution in [1.29, 1.82) is 0 Å². The van der Waals surface area contributed by atoms with E-state index in [1.807, 2.05) is 25.1 Å². The molecule has 0 aliphatic heterocycles. The highest BCUT2D eigenvalue weighted by atomic mass is 16.2. The van der Waals surface area contributed by atoms with Crippen molar-refractivity contribution in [3.05, 3.63) is 35.4 Å². The van der Waals surface area contributed by atoms with Crippen molar-refractivity contribution in [2.75, 3.05) is 14.1 Å². The molecule has 0 bridgehead atoms. The molecule has 0 radical (unpaired) electrons. The summed E-state index contributed by atoms with van der Waals surface area (Å²) in [6.07, 6.45) is 5.16. The van der Waals surface area contributed by atoms with E-state index in [4.69, 9.17) is 0 Å². The maximum Gasteiger partial charge on any atom is 0.242 e. The van der Waals surface area contributed by atoms with Gasteiger partial charge in [0.1, 0.15) is 6.04 Å². The number of hydrogen-bond donors (Lipinski definition) is 1. The fraction of sp³-hybridized carbons (Fsp3) is 0.611. The molecule has 0 heterocycles. The van der Waals surface area contributed by atoms with Crippen LogP contribution in [0.3, 0.4) is 0 Å². The molecule has 1 amide bonds.